The van der Waals surface area contributed by atoms with Crippen LogP contribution in [0.2, 0.25) is 0 Å². The van der Waals surface area contributed by atoms with Gasteiger partial charge in [0.1, 0.15) is 0 Å². The Hall–Kier alpha value is -0.0800. The van der Waals surface area contributed by atoms with Crippen LogP contribution in [0.5, 0.6) is 0 Å². The van der Waals surface area contributed by atoms with E-state index in [-0.39, 0.29) is 0 Å². The first-order valence-electron chi connectivity index (χ1n) is 6.82. The highest BCUT2D eigenvalue weighted by Crippen LogP contribution is 2.06. The van der Waals surface area contributed by atoms with Gasteiger partial charge in [0.25, 0.3) is 0 Å². The lowest BCUT2D eigenvalue weighted by atomic mass is 10.2. The highest BCUT2D eigenvalue weighted by Gasteiger charge is 2.15. The molecule has 0 radical (unpaired) electrons. The van der Waals surface area contributed by atoms with Crippen molar-refractivity contribution in [2.24, 2.45) is 0 Å². The van der Waals surface area contributed by atoms with E-state index in [2.05, 4.69) is 24.1 Å². The van der Waals surface area contributed by atoms with Crippen LogP contribution in [0.1, 0.15) is 52.4 Å². The molecule has 1 rings (SSSR count). The van der Waals surface area contributed by atoms with Crippen molar-refractivity contribution >= 4 is 0 Å². The maximum Gasteiger partial charge on any atom is 0.0192 e. The second kappa shape index (κ2) is 8.12. The molecule has 1 aliphatic heterocycles. The van der Waals surface area contributed by atoms with E-state index in [9.17, 15) is 0 Å². The van der Waals surface area contributed by atoms with Gasteiger partial charge in [0.05, 0.1) is 0 Å². The molecule has 1 N–H and O–H groups in total. The number of hydrogen-bond donors (Lipinski definition) is 1. The van der Waals surface area contributed by atoms with E-state index in [0.29, 0.717) is 0 Å². The number of nitrogens with one attached hydrogen (secondary N) is 1. The molecule has 1 atom stereocenters. The summed E-state index contributed by atoms with van der Waals surface area (Å²) in [6, 6.07) is 0.735. The van der Waals surface area contributed by atoms with Gasteiger partial charge in [0, 0.05) is 12.6 Å². The molecule has 0 spiro atoms. The van der Waals surface area contributed by atoms with E-state index in [0.717, 1.165) is 6.04 Å². The zero-order chi connectivity index (χ0) is 10.9. The van der Waals surface area contributed by atoms with E-state index >= 15 is 0 Å². The third-order valence-corrected chi connectivity index (χ3v) is 3.38. The number of unbranched alkanes of at least 4 members (excludes halogenated alkanes) is 3. The molecule has 0 aromatic heterocycles. The van der Waals surface area contributed by atoms with Crippen molar-refractivity contribution in [2.75, 3.05) is 26.2 Å². The van der Waals surface area contributed by atoms with E-state index in [1.165, 1.54) is 64.7 Å². The van der Waals surface area contributed by atoms with Crippen molar-refractivity contribution in [3.63, 3.8) is 0 Å². The molecule has 2 heteroatoms. The van der Waals surface area contributed by atoms with Crippen molar-refractivity contribution in [2.45, 2.75) is 58.4 Å². The van der Waals surface area contributed by atoms with Gasteiger partial charge in [0.15, 0.2) is 0 Å². The highest BCUT2D eigenvalue weighted by molar-refractivity contribution is 4.75. The third kappa shape index (κ3) is 5.53. The summed E-state index contributed by atoms with van der Waals surface area (Å²) in [4.78, 5) is 2.66. The minimum Gasteiger partial charge on any atom is -0.313 e. The fourth-order valence-corrected chi connectivity index (χ4v) is 2.32. The fourth-order valence-electron chi connectivity index (χ4n) is 2.32. The monoisotopic (exact) mass is 212 g/mol. The second-order valence-corrected chi connectivity index (χ2v) is 4.77. The Balaban J connectivity index is 2.15. The summed E-state index contributed by atoms with van der Waals surface area (Å²) in [5.74, 6) is 0. The summed E-state index contributed by atoms with van der Waals surface area (Å²) < 4.78 is 0. The molecular weight excluding hydrogens is 184 g/mol. The molecule has 90 valence electrons. The minimum atomic E-state index is 0.735. The largest absolute Gasteiger partial charge is 0.313 e. The fraction of sp³-hybridized carbons (Fsp3) is 1.00. The Morgan fingerprint density at radius 1 is 1.20 bits per heavy atom. The highest BCUT2D eigenvalue weighted by atomic mass is 15.2. The average molecular weight is 212 g/mol. The zero-order valence-corrected chi connectivity index (χ0v) is 10.6. The summed E-state index contributed by atoms with van der Waals surface area (Å²) in [7, 11) is 0. The summed E-state index contributed by atoms with van der Waals surface area (Å²) >= 11 is 0. The van der Waals surface area contributed by atoms with Crippen LogP contribution in [0.3, 0.4) is 0 Å². The topological polar surface area (TPSA) is 15.3 Å². The van der Waals surface area contributed by atoms with Crippen LogP contribution >= 0.6 is 0 Å². The van der Waals surface area contributed by atoms with Gasteiger partial charge in [-0.15, -0.1) is 0 Å². The van der Waals surface area contributed by atoms with Gasteiger partial charge in [-0.1, -0.05) is 33.1 Å². The van der Waals surface area contributed by atoms with E-state index in [1.54, 1.807) is 0 Å². The van der Waals surface area contributed by atoms with Crippen molar-refractivity contribution in [3.8, 4) is 0 Å². The van der Waals surface area contributed by atoms with Gasteiger partial charge in [-0.3, -0.25) is 0 Å². The van der Waals surface area contributed by atoms with Gasteiger partial charge in [0.2, 0.25) is 0 Å². The molecule has 15 heavy (non-hydrogen) atoms. The lowest BCUT2D eigenvalue weighted by molar-refractivity contribution is 0.259. The summed E-state index contributed by atoms with van der Waals surface area (Å²) in [5, 5.41) is 3.62. The number of rotatable bonds is 6. The van der Waals surface area contributed by atoms with Crippen molar-refractivity contribution in [3.05, 3.63) is 0 Å². The van der Waals surface area contributed by atoms with E-state index in [4.69, 9.17) is 0 Å². The normalized spacial score (nSPS) is 24.0. The maximum atomic E-state index is 3.62. The standard InChI is InChI=1S/C13H28N2/c1-3-5-6-7-10-15-11-8-9-14-13(4-2)12-15/h13-14H,3-12H2,1-2H3. The average Bonchev–Trinajstić information content (AvgIpc) is 2.49. The smallest absolute Gasteiger partial charge is 0.0192 e. The van der Waals surface area contributed by atoms with E-state index in [1.807, 2.05) is 0 Å². The Morgan fingerprint density at radius 3 is 2.80 bits per heavy atom. The van der Waals surface area contributed by atoms with Crippen molar-refractivity contribution in [1.29, 1.82) is 0 Å². The number of hydrogen-bond acceptors (Lipinski definition) is 2. The maximum absolute atomic E-state index is 3.62. The molecule has 0 amide bonds. The molecule has 1 saturated heterocycles. The lowest BCUT2D eigenvalue weighted by Crippen LogP contribution is -2.37. The van der Waals surface area contributed by atoms with Crippen LogP contribution in [0.4, 0.5) is 0 Å². The number of nitrogens with zero attached hydrogens (tertiary/aromatic N) is 1. The van der Waals surface area contributed by atoms with Crippen LogP contribution in [0.15, 0.2) is 0 Å². The molecule has 1 unspecified atom stereocenters. The van der Waals surface area contributed by atoms with Crippen LogP contribution in [-0.2, 0) is 0 Å². The third-order valence-electron chi connectivity index (χ3n) is 3.38. The van der Waals surface area contributed by atoms with Crippen LogP contribution in [0.25, 0.3) is 0 Å². The van der Waals surface area contributed by atoms with Crippen molar-refractivity contribution < 1.29 is 0 Å². The van der Waals surface area contributed by atoms with Crippen LogP contribution in [0, 0.1) is 0 Å². The van der Waals surface area contributed by atoms with Crippen molar-refractivity contribution in [1.82, 2.24) is 10.2 Å². The minimum absolute atomic E-state index is 0.735. The molecule has 0 bridgehead atoms. The summed E-state index contributed by atoms with van der Waals surface area (Å²) in [5.41, 5.74) is 0. The first-order valence-corrected chi connectivity index (χ1v) is 6.82. The Morgan fingerprint density at radius 2 is 2.07 bits per heavy atom. The molecule has 1 aliphatic rings. The van der Waals surface area contributed by atoms with Gasteiger partial charge in [-0.2, -0.15) is 0 Å². The lowest BCUT2D eigenvalue weighted by Gasteiger charge is -2.23. The molecule has 1 heterocycles. The predicted molar refractivity (Wildman–Crippen MR) is 67.3 cm³/mol. The molecule has 0 aliphatic carbocycles. The van der Waals surface area contributed by atoms with Crippen LogP contribution < -0.4 is 5.32 Å². The van der Waals surface area contributed by atoms with Crippen LogP contribution in [-0.4, -0.2) is 37.1 Å². The molecule has 1 fully saturated rings. The van der Waals surface area contributed by atoms with E-state index < -0.39 is 0 Å². The second-order valence-electron chi connectivity index (χ2n) is 4.77. The zero-order valence-electron chi connectivity index (χ0n) is 10.6. The first-order chi connectivity index (χ1) is 7.36. The van der Waals surface area contributed by atoms with Gasteiger partial charge < -0.3 is 10.2 Å². The van der Waals surface area contributed by atoms with Gasteiger partial charge in [-0.25, -0.2) is 0 Å². The Kier molecular flexibility index (Phi) is 7.03. The van der Waals surface area contributed by atoms with Gasteiger partial charge in [-0.05, 0) is 38.9 Å². The Labute approximate surface area is 95.4 Å². The molecule has 0 saturated carbocycles. The Bertz CT molecular complexity index is 147. The summed E-state index contributed by atoms with van der Waals surface area (Å²) in [6.45, 7) is 9.67. The van der Waals surface area contributed by atoms with Gasteiger partial charge >= 0.3 is 0 Å². The SMILES string of the molecule is CCCCCCN1CCCNC(CC)C1. The molecule has 0 aromatic carbocycles. The molecule has 2 nitrogen and oxygen atoms in total. The predicted octanol–water partition coefficient (Wildman–Crippen LogP) is 2.64. The molecule has 0 aromatic rings. The molecular formula is C13H28N2. The first kappa shape index (κ1) is 13.0. The summed E-state index contributed by atoms with van der Waals surface area (Å²) in [6.07, 6.45) is 8.15. The quantitative estimate of drug-likeness (QED) is 0.681.